The van der Waals surface area contributed by atoms with Gasteiger partial charge in [0.15, 0.2) is 0 Å². The number of hydrogen-bond acceptors (Lipinski definition) is 4. The smallest absolute Gasteiger partial charge is 0.238 e. The summed E-state index contributed by atoms with van der Waals surface area (Å²) in [7, 11) is 0. The molecule has 0 aliphatic rings. The van der Waals surface area contributed by atoms with Crippen LogP contribution >= 0.6 is 23.1 Å². The molecule has 0 fully saturated rings. The van der Waals surface area contributed by atoms with Gasteiger partial charge in [0.1, 0.15) is 23.2 Å². The maximum atomic E-state index is 13.1. The molecule has 3 aromatic rings. The van der Waals surface area contributed by atoms with E-state index in [1.165, 1.54) is 23.5 Å². The number of amides is 1. The first-order valence-corrected chi connectivity index (χ1v) is 7.99. The minimum absolute atomic E-state index is 0.215. The molecule has 0 saturated heterocycles. The maximum absolute atomic E-state index is 13.1. The van der Waals surface area contributed by atoms with Crippen molar-refractivity contribution in [3.63, 3.8) is 0 Å². The van der Waals surface area contributed by atoms with Gasteiger partial charge >= 0.3 is 0 Å². The first-order valence-electron chi connectivity index (χ1n) is 6.80. The Morgan fingerprint density at radius 2 is 2.04 bits per heavy atom. The fourth-order valence-electron chi connectivity index (χ4n) is 2.08. The van der Waals surface area contributed by atoms with E-state index in [4.69, 9.17) is 16.5 Å². The molecule has 0 unspecified atom stereocenters. The largest absolute Gasteiger partial charge is 0.486 e. The van der Waals surface area contributed by atoms with Crippen LogP contribution in [0.15, 0.2) is 42.5 Å². The lowest BCUT2D eigenvalue weighted by molar-refractivity contribution is -0.118. The predicted octanol–water partition coefficient (Wildman–Crippen LogP) is 3.83. The van der Waals surface area contributed by atoms with Gasteiger partial charge in [0, 0.05) is 17.8 Å². The Kier molecular flexibility index (Phi) is 4.73. The molecule has 0 atom stereocenters. The highest BCUT2D eigenvalue weighted by atomic mass is 35.5. The van der Waals surface area contributed by atoms with Crippen LogP contribution < -0.4 is 9.57 Å². The molecule has 1 heterocycles. The van der Waals surface area contributed by atoms with E-state index in [1.807, 2.05) is 0 Å². The SMILES string of the molecule is O=C(Cc1ccc(OCc2nc3cc(F)ccc3s2)cc1)NCl. The van der Waals surface area contributed by atoms with Gasteiger partial charge in [-0.1, -0.05) is 12.1 Å². The summed E-state index contributed by atoms with van der Waals surface area (Å²) in [6.07, 6.45) is 0.215. The summed E-state index contributed by atoms with van der Waals surface area (Å²) in [5.74, 6) is 0.111. The van der Waals surface area contributed by atoms with Gasteiger partial charge < -0.3 is 4.74 Å². The Balaban J connectivity index is 1.63. The van der Waals surface area contributed by atoms with Gasteiger partial charge in [0.25, 0.3) is 0 Å². The summed E-state index contributed by atoms with van der Waals surface area (Å²) in [5.41, 5.74) is 1.47. The van der Waals surface area contributed by atoms with Crippen LogP contribution in [0.4, 0.5) is 4.39 Å². The normalized spacial score (nSPS) is 10.7. The quantitative estimate of drug-likeness (QED) is 0.711. The standard InChI is InChI=1S/C16H12ClFN2O2S/c17-20-15(21)7-10-1-4-12(5-2-10)22-9-16-19-13-8-11(18)3-6-14(13)23-16/h1-6,8H,7,9H2,(H,20,21). The topological polar surface area (TPSA) is 51.2 Å². The molecule has 2 aromatic carbocycles. The van der Waals surface area contributed by atoms with Gasteiger partial charge in [-0.3, -0.25) is 9.63 Å². The lowest BCUT2D eigenvalue weighted by Crippen LogP contribution is -2.14. The second-order valence-corrected chi connectivity index (χ2v) is 6.15. The zero-order chi connectivity index (χ0) is 16.2. The molecule has 1 amide bonds. The van der Waals surface area contributed by atoms with Crippen LogP contribution in [0.5, 0.6) is 5.75 Å². The van der Waals surface area contributed by atoms with Crippen LogP contribution in [0.25, 0.3) is 10.2 Å². The van der Waals surface area contributed by atoms with E-state index in [0.717, 1.165) is 15.3 Å². The van der Waals surface area contributed by atoms with E-state index in [0.29, 0.717) is 17.9 Å². The zero-order valence-electron chi connectivity index (χ0n) is 11.9. The molecular formula is C16H12ClFN2O2S. The summed E-state index contributed by atoms with van der Waals surface area (Å²) >= 11 is 6.71. The number of carbonyl (C=O) groups is 1. The number of halogens is 2. The van der Waals surface area contributed by atoms with Crippen molar-refractivity contribution < 1.29 is 13.9 Å². The number of hydrogen-bond donors (Lipinski definition) is 1. The second kappa shape index (κ2) is 6.93. The number of benzene rings is 2. The minimum Gasteiger partial charge on any atom is -0.486 e. The summed E-state index contributed by atoms with van der Waals surface area (Å²) in [5, 5.41) is 0.774. The Hall–Kier alpha value is -2.18. The van der Waals surface area contributed by atoms with Crippen molar-refractivity contribution in [1.29, 1.82) is 0 Å². The van der Waals surface area contributed by atoms with E-state index < -0.39 is 0 Å². The lowest BCUT2D eigenvalue weighted by Gasteiger charge is -2.05. The van der Waals surface area contributed by atoms with Crippen molar-refractivity contribution in [3.8, 4) is 5.75 Å². The fourth-order valence-corrected chi connectivity index (χ4v) is 3.01. The summed E-state index contributed by atoms with van der Waals surface area (Å²) in [4.78, 5) is 17.6. The molecule has 1 aromatic heterocycles. The van der Waals surface area contributed by atoms with Crippen molar-refractivity contribution in [2.75, 3.05) is 0 Å². The molecule has 118 valence electrons. The highest BCUT2D eigenvalue weighted by molar-refractivity contribution is 7.18. The number of thiazole rings is 1. The molecular weight excluding hydrogens is 339 g/mol. The molecule has 0 bridgehead atoms. The monoisotopic (exact) mass is 350 g/mol. The van der Waals surface area contributed by atoms with Crippen LogP contribution in [-0.4, -0.2) is 10.9 Å². The van der Waals surface area contributed by atoms with Crippen LogP contribution in [0.3, 0.4) is 0 Å². The van der Waals surface area contributed by atoms with Crippen LogP contribution in [0.2, 0.25) is 0 Å². The minimum atomic E-state index is -0.299. The number of fused-ring (bicyclic) bond motifs is 1. The molecule has 0 radical (unpaired) electrons. The molecule has 7 heteroatoms. The van der Waals surface area contributed by atoms with Crippen molar-refractivity contribution in [2.45, 2.75) is 13.0 Å². The van der Waals surface area contributed by atoms with E-state index in [-0.39, 0.29) is 18.1 Å². The zero-order valence-corrected chi connectivity index (χ0v) is 13.5. The lowest BCUT2D eigenvalue weighted by atomic mass is 10.1. The van der Waals surface area contributed by atoms with Crippen molar-refractivity contribution in [3.05, 3.63) is 58.9 Å². The fraction of sp³-hybridized carbons (Fsp3) is 0.125. The van der Waals surface area contributed by atoms with Gasteiger partial charge in [-0.15, -0.1) is 11.3 Å². The van der Waals surface area contributed by atoms with Gasteiger partial charge in [-0.05, 0) is 29.8 Å². The molecule has 1 N–H and O–H groups in total. The van der Waals surface area contributed by atoms with Crippen molar-refractivity contribution in [2.24, 2.45) is 0 Å². The first-order chi connectivity index (χ1) is 11.1. The number of nitrogens with zero attached hydrogens (tertiary/aromatic N) is 1. The number of ether oxygens (including phenoxy) is 1. The summed E-state index contributed by atoms with van der Waals surface area (Å²) in [6, 6.07) is 11.7. The average Bonchev–Trinajstić information content (AvgIpc) is 2.96. The average molecular weight is 351 g/mol. The van der Waals surface area contributed by atoms with E-state index in [2.05, 4.69) is 9.82 Å². The molecule has 3 rings (SSSR count). The van der Waals surface area contributed by atoms with Crippen LogP contribution in [0, 0.1) is 5.82 Å². The van der Waals surface area contributed by atoms with Crippen molar-refractivity contribution >= 4 is 39.2 Å². The van der Waals surface area contributed by atoms with E-state index >= 15 is 0 Å². The van der Waals surface area contributed by atoms with Crippen LogP contribution in [0.1, 0.15) is 10.6 Å². The van der Waals surface area contributed by atoms with Gasteiger partial charge in [0.05, 0.1) is 16.6 Å². The predicted molar refractivity (Wildman–Crippen MR) is 88.1 cm³/mol. The number of nitrogens with one attached hydrogen (secondary N) is 1. The number of aromatic nitrogens is 1. The molecule has 0 aliphatic heterocycles. The summed E-state index contributed by atoms with van der Waals surface area (Å²) in [6.45, 7) is 0.308. The molecule has 4 nitrogen and oxygen atoms in total. The molecule has 0 aliphatic carbocycles. The Bertz CT molecular complexity index is 836. The number of rotatable bonds is 5. The highest BCUT2D eigenvalue weighted by Gasteiger charge is 2.06. The Labute approximate surface area is 141 Å². The molecule has 0 spiro atoms. The van der Waals surface area contributed by atoms with Crippen LogP contribution in [-0.2, 0) is 17.8 Å². The number of carbonyl (C=O) groups excluding carboxylic acids is 1. The van der Waals surface area contributed by atoms with Gasteiger partial charge in [0.2, 0.25) is 5.91 Å². The molecule has 23 heavy (non-hydrogen) atoms. The first kappa shape index (κ1) is 15.7. The van der Waals surface area contributed by atoms with E-state index in [1.54, 1.807) is 30.3 Å². The third kappa shape index (κ3) is 3.97. The molecule has 0 saturated carbocycles. The van der Waals surface area contributed by atoms with Gasteiger partial charge in [-0.2, -0.15) is 0 Å². The third-order valence-electron chi connectivity index (χ3n) is 3.15. The Morgan fingerprint density at radius 1 is 1.26 bits per heavy atom. The Morgan fingerprint density at radius 3 is 2.78 bits per heavy atom. The van der Waals surface area contributed by atoms with E-state index in [9.17, 15) is 9.18 Å². The summed E-state index contributed by atoms with van der Waals surface area (Å²) < 4.78 is 19.7. The van der Waals surface area contributed by atoms with Crippen molar-refractivity contribution in [1.82, 2.24) is 9.82 Å². The third-order valence-corrected chi connectivity index (χ3v) is 4.37. The second-order valence-electron chi connectivity index (χ2n) is 4.85. The maximum Gasteiger partial charge on any atom is 0.238 e. The highest BCUT2D eigenvalue weighted by Crippen LogP contribution is 2.24. The van der Waals surface area contributed by atoms with Gasteiger partial charge in [-0.25, -0.2) is 9.37 Å².